The molecular weight excluding hydrogens is 322 g/mol. The number of nitrogens with one attached hydrogen (secondary N) is 1. The van der Waals surface area contributed by atoms with Crippen molar-refractivity contribution >= 4 is 12.1 Å². The van der Waals surface area contributed by atoms with Gasteiger partial charge in [0, 0.05) is 6.54 Å². The van der Waals surface area contributed by atoms with Crippen molar-refractivity contribution in [3.63, 3.8) is 0 Å². The molecule has 0 spiro atoms. The lowest BCUT2D eigenvalue weighted by molar-refractivity contribution is 0.0525. The van der Waals surface area contributed by atoms with Crippen LogP contribution in [-0.4, -0.2) is 35.9 Å². The van der Waals surface area contributed by atoms with E-state index in [-0.39, 0.29) is 11.0 Å². The smallest absolute Gasteiger partial charge is 0.407 e. The Morgan fingerprint density at radius 2 is 1.76 bits per heavy atom. The Labute approximate surface area is 149 Å². The fraction of sp³-hybridized carbons (Fsp3) is 0.579. The highest BCUT2D eigenvalue weighted by Crippen LogP contribution is 2.28. The van der Waals surface area contributed by atoms with E-state index in [1.54, 1.807) is 39.0 Å². The minimum atomic E-state index is -1.03. The number of carboxylic acids is 1. The first-order valence-electron chi connectivity index (χ1n) is 8.37. The molecule has 0 saturated carbocycles. The molecule has 1 aromatic carbocycles. The monoisotopic (exact) mass is 351 g/mol. The van der Waals surface area contributed by atoms with Crippen LogP contribution in [0.1, 0.15) is 63.9 Å². The number of hydrogen-bond donors (Lipinski definition) is 2. The summed E-state index contributed by atoms with van der Waals surface area (Å²) in [5.41, 5.74) is 0.491. The van der Waals surface area contributed by atoms with E-state index in [1.165, 1.54) is 0 Å². The van der Waals surface area contributed by atoms with Gasteiger partial charge in [-0.05, 0) is 50.3 Å². The van der Waals surface area contributed by atoms with Crippen molar-refractivity contribution in [2.24, 2.45) is 0 Å². The Morgan fingerprint density at radius 3 is 2.28 bits per heavy atom. The van der Waals surface area contributed by atoms with Crippen molar-refractivity contribution < 1.29 is 24.2 Å². The van der Waals surface area contributed by atoms with Crippen LogP contribution in [0.25, 0.3) is 0 Å². The molecule has 25 heavy (non-hydrogen) atoms. The average molecular weight is 351 g/mol. The maximum atomic E-state index is 11.5. The van der Waals surface area contributed by atoms with E-state index in [1.807, 2.05) is 0 Å². The van der Waals surface area contributed by atoms with E-state index < -0.39 is 17.7 Å². The third kappa shape index (κ3) is 7.45. The van der Waals surface area contributed by atoms with Crippen molar-refractivity contribution in [2.75, 3.05) is 13.2 Å². The normalized spacial score (nSPS) is 11.8. The fourth-order valence-electron chi connectivity index (χ4n) is 2.04. The zero-order chi connectivity index (χ0) is 19.3. The quantitative estimate of drug-likeness (QED) is 0.757. The van der Waals surface area contributed by atoms with Crippen molar-refractivity contribution in [3.05, 3.63) is 29.3 Å². The summed E-state index contributed by atoms with van der Waals surface area (Å²) in [6.45, 7) is 12.2. The van der Waals surface area contributed by atoms with Crippen LogP contribution < -0.4 is 10.1 Å². The first-order chi connectivity index (χ1) is 11.4. The molecule has 6 nitrogen and oxygen atoms in total. The number of ether oxygens (including phenoxy) is 2. The predicted octanol–water partition coefficient (Wildman–Crippen LogP) is 3.98. The lowest BCUT2D eigenvalue weighted by Crippen LogP contribution is -2.33. The van der Waals surface area contributed by atoms with Gasteiger partial charge in [-0.15, -0.1) is 0 Å². The molecule has 0 unspecified atom stereocenters. The number of alkyl carbamates (subject to hydrolysis) is 1. The standard InChI is InChI=1S/C19H29NO5/c1-18(2,3)13-8-9-14(16(21)22)15(12-13)24-11-7-10-20-17(23)25-19(4,5)6/h8-9,12H,7,10-11H2,1-6H3,(H,20,23)(H,21,22). The molecule has 0 atom stereocenters. The highest BCUT2D eigenvalue weighted by molar-refractivity contribution is 5.91. The number of aromatic carboxylic acids is 1. The highest BCUT2D eigenvalue weighted by Gasteiger charge is 2.19. The van der Waals surface area contributed by atoms with Crippen molar-refractivity contribution in [1.29, 1.82) is 0 Å². The molecule has 0 aliphatic carbocycles. The molecule has 0 saturated heterocycles. The average Bonchev–Trinajstić information content (AvgIpc) is 2.43. The molecule has 1 aromatic rings. The van der Waals surface area contributed by atoms with Gasteiger partial charge >= 0.3 is 12.1 Å². The number of benzene rings is 1. The van der Waals surface area contributed by atoms with Gasteiger partial charge in [0.1, 0.15) is 16.9 Å². The Bertz CT molecular complexity index is 611. The van der Waals surface area contributed by atoms with Crippen LogP contribution >= 0.6 is 0 Å². The minimum absolute atomic E-state index is 0.104. The maximum Gasteiger partial charge on any atom is 0.407 e. The maximum absolute atomic E-state index is 11.5. The zero-order valence-electron chi connectivity index (χ0n) is 15.9. The number of amides is 1. The number of carbonyl (C=O) groups excluding carboxylic acids is 1. The van der Waals surface area contributed by atoms with Gasteiger partial charge in [-0.25, -0.2) is 9.59 Å². The summed E-state index contributed by atoms with van der Waals surface area (Å²) in [6.07, 6.45) is 0.0614. The summed E-state index contributed by atoms with van der Waals surface area (Å²) in [7, 11) is 0. The van der Waals surface area contributed by atoms with Gasteiger partial charge in [-0.3, -0.25) is 0 Å². The fourth-order valence-corrected chi connectivity index (χ4v) is 2.04. The van der Waals surface area contributed by atoms with Crippen LogP contribution in [0.5, 0.6) is 5.75 Å². The van der Waals surface area contributed by atoms with Gasteiger partial charge < -0.3 is 19.9 Å². The molecule has 1 rings (SSSR count). The van der Waals surface area contributed by atoms with Crippen molar-refractivity contribution in [3.8, 4) is 5.75 Å². The molecule has 0 fully saturated rings. The SMILES string of the molecule is CC(C)(C)OC(=O)NCCCOc1cc(C(C)(C)C)ccc1C(=O)O. The molecule has 0 heterocycles. The van der Waals surface area contributed by atoms with Crippen molar-refractivity contribution in [2.45, 2.75) is 59.0 Å². The lowest BCUT2D eigenvalue weighted by Gasteiger charge is -2.21. The molecule has 2 N–H and O–H groups in total. The van der Waals surface area contributed by atoms with E-state index in [0.29, 0.717) is 25.3 Å². The highest BCUT2D eigenvalue weighted by atomic mass is 16.6. The van der Waals surface area contributed by atoms with Gasteiger partial charge in [0.25, 0.3) is 0 Å². The van der Waals surface area contributed by atoms with Gasteiger partial charge in [0.15, 0.2) is 0 Å². The number of carbonyl (C=O) groups is 2. The van der Waals surface area contributed by atoms with Crippen molar-refractivity contribution in [1.82, 2.24) is 5.32 Å². The van der Waals surface area contributed by atoms with Gasteiger partial charge in [0.05, 0.1) is 6.61 Å². The molecular formula is C19H29NO5. The summed E-state index contributed by atoms with van der Waals surface area (Å²) in [6, 6.07) is 5.14. The Morgan fingerprint density at radius 1 is 1.12 bits per heavy atom. The summed E-state index contributed by atoms with van der Waals surface area (Å²) >= 11 is 0. The molecule has 0 radical (unpaired) electrons. The van der Waals surface area contributed by atoms with E-state index in [2.05, 4.69) is 26.1 Å². The zero-order valence-corrected chi connectivity index (χ0v) is 15.9. The number of rotatable bonds is 6. The summed E-state index contributed by atoms with van der Waals surface area (Å²) in [4.78, 5) is 22.9. The first-order valence-corrected chi connectivity index (χ1v) is 8.37. The van der Waals surface area contributed by atoms with Gasteiger partial charge in [-0.2, -0.15) is 0 Å². The Hall–Kier alpha value is -2.24. The minimum Gasteiger partial charge on any atom is -0.493 e. The molecule has 6 heteroatoms. The molecule has 1 amide bonds. The van der Waals surface area contributed by atoms with Crippen LogP contribution in [0.2, 0.25) is 0 Å². The third-order valence-corrected chi connectivity index (χ3v) is 3.32. The second-order valence-electron chi connectivity index (χ2n) is 7.90. The van der Waals surface area contributed by atoms with E-state index in [4.69, 9.17) is 9.47 Å². The molecule has 140 valence electrons. The topological polar surface area (TPSA) is 84.9 Å². The summed E-state index contributed by atoms with van der Waals surface area (Å²) in [5.74, 6) is -0.681. The molecule has 0 bridgehead atoms. The van der Waals surface area contributed by atoms with E-state index in [9.17, 15) is 14.7 Å². The van der Waals surface area contributed by atoms with Crippen LogP contribution in [0, 0.1) is 0 Å². The lowest BCUT2D eigenvalue weighted by atomic mass is 9.86. The van der Waals surface area contributed by atoms with Gasteiger partial charge in [0.2, 0.25) is 0 Å². The summed E-state index contributed by atoms with van der Waals surface area (Å²) in [5, 5.41) is 11.9. The largest absolute Gasteiger partial charge is 0.493 e. The van der Waals surface area contributed by atoms with Gasteiger partial charge in [-0.1, -0.05) is 26.8 Å². The first kappa shape index (κ1) is 20.8. The van der Waals surface area contributed by atoms with E-state index in [0.717, 1.165) is 5.56 Å². The third-order valence-electron chi connectivity index (χ3n) is 3.32. The summed E-state index contributed by atoms with van der Waals surface area (Å²) < 4.78 is 10.8. The van der Waals surface area contributed by atoms with Crippen LogP contribution in [0.15, 0.2) is 18.2 Å². The van der Waals surface area contributed by atoms with Crippen LogP contribution in [0.4, 0.5) is 4.79 Å². The molecule has 0 aromatic heterocycles. The Balaban J connectivity index is 2.59. The second kappa shape index (κ2) is 8.23. The van der Waals surface area contributed by atoms with Crippen LogP contribution in [0.3, 0.4) is 0 Å². The second-order valence-corrected chi connectivity index (χ2v) is 7.90. The predicted molar refractivity (Wildman–Crippen MR) is 96.5 cm³/mol. The van der Waals surface area contributed by atoms with Crippen LogP contribution in [-0.2, 0) is 10.2 Å². The molecule has 0 aliphatic heterocycles. The van der Waals surface area contributed by atoms with E-state index >= 15 is 0 Å². The number of carboxylic acid groups (broad SMARTS) is 1. The number of hydrogen-bond acceptors (Lipinski definition) is 4. The Kier molecular flexibility index (Phi) is 6.85. The molecule has 0 aliphatic rings.